The molecule has 0 aliphatic rings. The van der Waals surface area contributed by atoms with Crippen LogP contribution in [-0.4, -0.2) is 46.7 Å². The van der Waals surface area contributed by atoms with Crippen molar-refractivity contribution in [1.29, 1.82) is 0 Å². The molecule has 1 aromatic heterocycles. The van der Waals surface area contributed by atoms with Crippen LogP contribution in [0.25, 0.3) is 0 Å². The number of anilines is 1. The number of sulfonamides is 2. The van der Waals surface area contributed by atoms with E-state index in [-0.39, 0.29) is 7.28 Å². The zero-order valence-corrected chi connectivity index (χ0v) is 16.6. The van der Waals surface area contributed by atoms with E-state index in [2.05, 4.69) is 4.98 Å². The number of hydrogen-bond donors (Lipinski definition) is 0. The maximum Gasteiger partial charge on any atom is 0.249 e. The van der Waals surface area contributed by atoms with Gasteiger partial charge < -0.3 is 0 Å². The van der Waals surface area contributed by atoms with Crippen molar-refractivity contribution >= 4 is 60.1 Å². The van der Waals surface area contributed by atoms with Crippen molar-refractivity contribution < 1.29 is 30.0 Å². The third kappa shape index (κ3) is 5.08. The van der Waals surface area contributed by atoms with E-state index in [0.717, 1.165) is 0 Å². The smallest absolute Gasteiger partial charge is 0.249 e. The van der Waals surface area contributed by atoms with Crippen LogP contribution in [0.2, 0.25) is 5.02 Å². The van der Waals surface area contributed by atoms with Gasteiger partial charge in [0, 0.05) is 0 Å². The molecule has 0 bridgehead atoms. The van der Waals surface area contributed by atoms with E-state index >= 15 is 0 Å². The topological polar surface area (TPSA) is 84.4 Å². The highest BCUT2D eigenvalue weighted by Gasteiger charge is 2.37. The maximum atomic E-state index is 13.5. The molecule has 0 aliphatic carbocycles. The Balaban J connectivity index is 3.53. The molecule has 0 fully saturated rings. The van der Waals surface area contributed by atoms with Crippen molar-refractivity contribution in [3.8, 4) is 0 Å². The van der Waals surface area contributed by atoms with Crippen LogP contribution in [-0.2, 0) is 20.0 Å². The fraction of sp³-hybridized carbons (Fsp3) is 0.545. The highest BCUT2D eigenvalue weighted by Crippen LogP contribution is 2.33. The van der Waals surface area contributed by atoms with Gasteiger partial charge in [-0.3, -0.25) is 8.78 Å². The first kappa shape index (κ1) is 21.7. The zero-order valence-electron chi connectivity index (χ0n) is 12.1. The summed E-state index contributed by atoms with van der Waals surface area (Å²) in [4.78, 5) is 3.46. The number of nitrogens with zero attached hydrogens (tertiary/aromatic N) is 2. The number of alkyl halides is 2. The van der Waals surface area contributed by atoms with Crippen LogP contribution in [0.3, 0.4) is 0 Å². The van der Waals surface area contributed by atoms with Gasteiger partial charge in [0.25, 0.3) is 0 Å². The molecule has 1 aromatic rings. The summed E-state index contributed by atoms with van der Waals surface area (Å²) in [5.41, 5.74) is 0. The van der Waals surface area contributed by atoms with Crippen molar-refractivity contribution in [2.75, 3.05) is 28.6 Å². The Bertz CT molecular complexity index is 755. The Morgan fingerprint density at radius 2 is 1.54 bits per heavy atom. The molecule has 1 rings (SSSR count). The lowest BCUT2D eigenvalue weighted by Gasteiger charge is -2.23. The number of hydrogen-bond acceptors (Lipinski definition) is 5. The molecule has 0 aliphatic heterocycles. The molecule has 138 valence electrons. The SMILES string of the molecule is O=S(=O)(CCCF)N(c1ncc(F)c(I)c1Cl)S(=O)(=O)CCCF. The van der Waals surface area contributed by atoms with Gasteiger partial charge in [0.2, 0.25) is 20.0 Å². The fourth-order valence-electron chi connectivity index (χ4n) is 1.64. The van der Waals surface area contributed by atoms with Crippen molar-refractivity contribution in [2.45, 2.75) is 12.8 Å². The average molecular weight is 521 g/mol. The second-order valence-electron chi connectivity index (χ2n) is 4.47. The van der Waals surface area contributed by atoms with Crippen LogP contribution in [0.5, 0.6) is 0 Å². The minimum Gasteiger partial charge on any atom is -0.251 e. The average Bonchev–Trinajstić information content (AvgIpc) is 2.51. The molecular weight excluding hydrogens is 508 g/mol. The van der Waals surface area contributed by atoms with Crippen LogP contribution < -0.4 is 3.71 Å². The Labute approximate surface area is 156 Å². The minimum absolute atomic E-state index is 0.0603. The quantitative estimate of drug-likeness (QED) is 0.468. The summed E-state index contributed by atoms with van der Waals surface area (Å²) in [6.45, 7) is -1.97. The van der Waals surface area contributed by atoms with Crippen molar-refractivity contribution in [2.24, 2.45) is 0 Å². The predicted molar refractivity (Wildman–Crippen MR) is 93.2 cm³/mol. The third-order valence-electron chi connectivity index (χ3n) is 2.65. The Morgan fingerprint density at radius 1 is 1.08 bits per heavy atom. The van der Waals surface area contributed by atoms with Crippen molar-refractivity contribution in [3.05, 3.63) is 20.6 Å². The van der Waals surface area contributed by atoms with Gasteiger partial charge in [-0.05, 0) is 35.4 Å². The van der Waals surface area contributed by atoms with Crippen LogP contribution in [0, 0.1) is 9.39 Å². The zero-order chi connectivity index (χ0) is 18.5. The van der Waals surface area contributed by atoms with Gasteiger partial charge >= 0.3 is 0 Å². The van der Waals surface area contributed by atoms with E-state index in [4.69, 9.17) is 11.6 Å². The molecule has 0 aromatic carbocycles. The first-order valence-electron chi connectivity index (χ1n) is 6.45. The monoisotopic (exact) mass is 520 g/mol. The highest BCUT2D eigenvalue weighted by molar-refractivity contribution is 14.1. The second-order valence-corrected chi connectivity index (χ2v) is 10.0. The molecule has 13 heteroatoms. The van der Waals surface area contributed by atoms with E-state index in [0.29, 0.717) is 6.20 Å². The van der Waals surface area contributed by atoms with E-state index in [9.17, 15) is 30.0 Å². The molecular formula is C11H13ClF3IN2O4S2. The molecule has 24 heavy (non-hydrogen) atoms. The summed E-state index contributed by atoms with van der Waals surface area (Å²) in [5.74, 6) is -3.25. The molecule has 0 atom stereocenters. The number of pyridine rings is 1. The van der Waals surface area contributed by atoms with E-state index < -0.39 is 74.4 Å². The lowest BCUT2D eigenvalue weighted by Crippen LogP contribution is -2.41. The van der Waals surface area contributed by atoms with Crippen LogP contribution in [0.4, 0.5) is 19.0 Å². The summed E-state index contributed by atoms with van der Waals surface area (Å²) >= 11 is 7.30. The minimum atomic E-state index is -4.57. The molecule has 0 N–H and O–H groups in total. The van der Waals surface area contributed by atoms with Crippen molar-refractivity contribution in [1.82, 2.24) is 4.98 Å². The highest BCUT2D eigenvalue weighted by atomic mass is 127. The molecule has 6 nitrogen and oxygen atoms in total. The molecule has 0 saturated heterocycles. The number of rotatable bonds is 9. The van der Waals surface area contributed by atoms with Gasteiger partial charge in [-0.2, -0.15) is 0 Å². The fourth-order valence-corrected chi connectivity index (χ4v) is 6.26. The van der Waals surface area contributed by atoms with Gasteiger partial charge in [-0.15, -0.1) is 3.71 Å². The lowest BCUT2D eigenvalue weighted by atomic mass is 10.4. The summed E-state index contributed by atoms with van der Waals surface area (Å²) in [7, 11) is -9.14. The molecule has 0 saturated carbocycles. The predicted octanol–water partition coefficient (Wildman–Crippen LogP) is 2.66. The summed E-state index contributed by atoms with van der Waals surface area (Å²) in [6.07, 6.45) is -0.286. The third-order valence-corrected chi connectivity index (χ3v) is 8.71. The number of aromatic nitrogens is 1. The van der Waals surface area contributed by atoms with Crippen molar-refractivity contribution in [3.63, 3.8) is 0 Å². The normalized spacial score (nSPS) is 12.4. The van der Waals surface area contributed by atoms with E-state index in [1.807, 2.05) is 0 Å². The van der Waals surface area contributed by atoms with Gasteiger partial charge in [-0.25, -0.2) is 26.2 Å². The molecule has 1 heterocycles. The summed E-state index contributed by atoms with van der Waals surface area (Å²) < 4.78 is 87.1. The Kier molecular flexibility index (Phi) is 8.00. The summed E-state index contributed by atoms with van der Waals surface area (Å²) in [5, 5.41) is -0.525. The molecule has 0 spiro atoms. The van der Waals surface area contributed by atoms with E-state index in [1.165, 1.54) is 22.6 Å². The van der Waals surface area contributed by atoms with Gasteiger partial charge in [0.15, 0.2) is 11.6 Å². The largest absolute Gasteiger partial charge is 0.251 e. The molecule has 0 radical (unpaired) electrons. The standard InChI is InChI=1S/C11H13ClF3IN2O4S2/c12-9-10(16)8(15)7-17-11(9)18(23(19,20)5-1-3-13)24(21,22)6-2-4-14/h7H,1-6H2. The van der Waals surface area contributed by atoms with Crippen LogP contribution >= 0.6 is 34.2 Å². The first-order chi connectivity index (χ1) is 11.1. The lowest BCUT2D eigenvalue weighted by molar-refractivity contribution is 0.482. The van der Waals surface area contributed by atoms with Gasteiger partial charge in [0.1, 0.15) is 5.02 Å². The maximum absolute atomic E-state index is 13.5. The van der Waals surface area contributed by atoms with Gasteiger partial charge in [-0.1, -0.05) is 11.6 Å². The molecule has 0 amide bonds. The summed E-state index contributed by atoms with van der Waals surface area (Å²) in [6, 6.07) is 0. The van der Waals surface area contributed by atoms with Crippen LogP contribution in [0.1, 0.15) is 12.8 Å². The number of halogens is 5. The van der Waals surface area contributed by atoms with Gasteiger partial charge in [0.05, 0.1) is 34.6 Å². The van der Waals surface area contributed by atoms with E-state index in [1.54, 1.807) is 0 Å². The Hall–Kier alpha value is -0.340. The molecule has 0 unspecified atom stereocenters. The Morgan fingerprint density at radius 3 is 1.96 bits per heavy atom. The first-order valence-corrected chi connectivity index (χ1v) is 11.1. The second kappa shape index (κ2) is 8.85. The van der Waals surface area contributed by atoms with Crippen LogP contribution in [0.15, 0.2) is 6.20 Å².